The molecule has 0 heterocycles. The van der Waals surface area contributed by atoms with Crippen molar-refractivity contribution in [2.45, 2.75) is 13.1 Å². The van der Waals surface area contributed by atoms with Crippen LogP contribution < -0.4 is 5.32 Å². The van der Waals surface area contributed by atoms with Crippen LogP contribution in [0.1, 0.15) is 15.9 Å². The molecule has 0 bridgehead atoms. The monoisotopic (exact) mass is 277 g/mol. The quantitative estimate of drug-likeness (QED) is 0.890. The summed E-state index contributed by atoms with van der Waals surface area (Å²) in [6.45, 7) is -0.151. The van der Waals surface area contributed by atoms with Gasteiger partial charge in [-0.15, -0.1) is 0 Å². The number of halogens is 3. The molecule has 2 N–H and O–H groups in total. The summed E-state index contributed by atoms with van der Waals surface area (Å²) in [5.74, 6) is -1.22. The van der Waals surface area contributed by atoms with Crippen LogP contribution in [0.3, 0.4) is 0 Å². The molecule has 1 aromatic rings. The first-order valence-corrected chi connectivity index (χ1v) is 5.03. The van der Waals surface area contributed by atoms with Gasteiger partial charge in [0, 0.05) is 5.69 Å². The van der Waals surface area contributed by atoms with Crippen LogP contribution in [0.4, 0.5) is 23.7 Å². The second-order valence-corrected chi connectivity index (χ2v) is 3.65. The molecule has 0 saturated carbocycles. The van der Waals surface area contributed by atoms with Gasteiger partial charge in [-0.05, 0) is 24.6 Å². The first-order chi connectivity index (χ1) is 8.69. The summed E-state index contributed by atoms with van der Waals surface area (Å²) in [6.07, 6.45) is -5.92. The molecule has 0 saturated heterocycles. The number of aryl methyl sites for hydroxylation is 1. The molecule has 0 radical (unpaired) electrons. The van der Waals surface area contributed by atoms with Gasteiger partial charge in [0.25, 0.3) is 0 Å². The molecule has 5 nitrogen and oxygen atoms in total. The van der Waals surface area contributed by atoms with Gasteiger partial charge >= 0.3 is 18.2 Å². The minimum atomic E-state index is -4.62. The summed E-state index contributed by atoms with van der Waals surface area (Å²) >= 11 is 0. The Bertz CT molecular complexity index is 499. The lowest BCUT2D eigenvalue weighted by molar-refractivity contribution is -0.159. The number of amides is 1. The molecule has 0 unspecified atom stereocenters. The van der Waals surface area contributed by atoms with E-state index in [2.05, 4.69) is 10.1 Å². The number of nitrogens with one attached hydrogen (secondary N) is 1. The number of aromatic carboxylic acids is 1. The van der Waals surface area contributed by atoms with E-state index in [1.165, 1.54) is 12.1 Å². The molecule has 0 atom stereocenters. The number of carboxylic acid groups (broad SMARTS) is 1. The Morgan fingerprint density at radius 2 is 2.00 bits per heavy atom. The SMILES string of the molecule is Cc1ccc(C(=O)O)cc1NC(=O)OCC(F)(F)F. The molecule has 0 spiro atoms. The fourth-order valence-corrected chi connectivity index (χ4v) is 1.18. The van der Waals surface area contributed by atoms with Crippen molar-refractivity contribution in [2.75, 3.05) is 11.9 Å². The van der Waals surface area contributed by atoms with Crippen molar-refractivity contribution >= 4 is 17.7 Å². The van der Waals surface area contributed by atoms with Crippen LogP contribution in [-0.2, 0) is 4.74 Å². The Kier molecular flexibility index (Phi) is 4.36. The lowest BCUT2D eigenvalue weighted by Crippen LogP contribution is -2.23. The first kappa shape index (κ1) is 14.8. The number of carboxylic acids is 1. The second kappa shape index (κ2) is 5.59. The number of hydrogen-bond donors (Lipinski definition) is 2. The molecule has 1 aromatic carbocycles. The molecular formula is C11H10F3NO4. The number of alkyl halides is 3. The highest BCUT2D eigenvalue weighted by Crippen LogP contribution is 2.18. The zero-order valence-electron chi connectivity index (χ0n) is 9.75. The maximum Gasteiger partial charge on any atom is 0.422 e. The van der Waals surface area contributed by atoms with Gasteiger partial charge in [-0.2, -0.15) is 13.2 Å². The van der Waals surface area contributed by atoms with E-state index in [-0.39, 0.29) is 11.3 Å². The maximum absolute atomic E-state index is 11.8. The van der Waals surface area contributed by atoms with Crippen LogP contribution in [0.5, 0.6) is 0 Å². The molecule has 0 fully saturated rings. The Balaban J connectivity index is 2.73. The number of carbonyl (C=O) groups excluding carboxylic acids is 1. The summed E-state index contributed by atoms with van der Waals surface area (Å²) in [7, 11) is 0. The van der Waals surface area contributed by atoms with E-state index < -0.39 is 24.8 Å². The zero-order valence-corrected chi connectivity index (χ0v) is 9.75. The number of rotatable bonds is 3. The highest BCUT2D eigenvalue weighted by molar-refractivity contribution is 5.92. The smallest absolute Gasteiger partial charge is 0.422 e. The van der Waals surface area contributed by atoms with Crippen molar-refractivity contribution in [1.82, 2.24) is 0 Å². The van der Waals surface area contributed by atoms with Gasteiger partial charge in [0.2, 0.25) is 0 Å². The van der Waals surface area contributed by atoms with Gasteiger partial charge in [0.1, 0.15) is 0 Å². The van der Waals surface area contributed by atoms with E-state index in [1.807, 2.05) is 0 Å². The number of carbonyl (C=O) groups is 2. The highest BCUT2D eigenvalue weighted by atomic mass is 19.4. The number of hydrogen-bond acceptors (Lipinski definition) is 3. The number of benzene rings is 1. The molecule has 0 aromatic heterocycles. The second-order valence-electron chi connectivity index (χ2n) is 3.65. The summed E-state index contributed by atoms with van der Waals surface area (Å²) in [5.41, 5.74) is 0.470. The van der Waals surface area contributed by atoms with Gasteiger partial charge in [0.05, 0.1) is 5.56 Å². The predicted molar refractivity (Wildman–Crippen MR) is 59.2 cm³/mol. The Morgan fingerprint density at radius 1 is 1.37 bits per heavy atom. The van der Waals surface area contributed by atoms with E-state index in [1.54, 1.807) is 6.92 Å². The van der Waals surface area contributed by atoms with E-state index in [0.29, 0.717) is 5.56 Å². The van der Waals surface area contributed by atoms with Gasteiger partial charge in [-0.25, -0.2) is 9.59 Å². The molecule has 1 rings (SSSR count). The van der Waals surface area contributed by atoms with Gasteiger partial charge in [0.15, 0.2) is 6.61 Å². The predicted octanol–water partition coefficient (Wildman–Crippen LogP) is 2.80. The summed E-state index contributed by atoms with van der Waals surface area (Å²) in [6, 6.07) is 3.86. The molecule has 8 heteroatoms. The van der Waals surface area contributed by atoms with Crippen molar-refractivity contribution in [1.29, 1.82) is 0 Å². The lowest BCUT2D eigenvalue weighted by Gasteiger charge is -2.11. The summed E-state index contributed by atoms with van der Waals surface area (Å²) in [5, 5.41) is 10.8. The van der Waals surface area contributed by atoms with E-state index in [9.17, 15) is 22.8 Å². The van der Waals surface area contributed by atoms with Crippen LogP contribution in [0.15, 0.2) is 18.2 Å². The van der Waals surface area contributed by atoms with Crippen molar-refractivity contribution in [2.24, 2.45) is 0 Å². The van der Waals surface area contributed by atoms with Crippen molar-refractivity contribution in [3.8, 4) is 0 Å². The molecule has 19 heavy (non-hydrogen) atoms. The number of ether oxygens (including phenoxy) is 1. The third kappa shape index (κ3) is 4.86. The van der Waals surface area contributed by atoms with Crippen LogP contribution in [0.25, 0.3) is 0 Å². The molecular weight excluding hydrogens is 267 g/mol. The van der Waals surface area contributed by atoms with Crippen molar-refractivity contribution in [3.05, 3.63) is 29.3 Å². The fraction of sp³-hybridized carbons (Fsp3) is 0.273. The maximum atomic E-state index is 11.8. The van der Waals surface area contributed by atoms with Gasteiger partial charge in [-0.3, -0.25) is 5.32 Å². The summed E-state index contributed by atoms with van der Waals surface area (Å²) in [4.78, 5) is 21.8. The largest absolute Gasteiger partial charge is 0.478 e. The Morgan fingerprint density at radius 3 is 2.53 bits per heavy atom. The minimum Gasteiger partial charge on any atom is -0.478 e. The summed E-state index contributed by atoms with van der Waals surface area (Å²) < 4.78 is 39.4. The van der Waals surface area contributed by atoms with Gasteiger partial charge < -0.3 is 9.84 Å². The van der Waals surface area contributed by atoms with Crippen LogP contribution >= 0.6 is 0 Å². The Hall–Kier alpha value is -2.25. The third-order valence-corrected chi connectivity index (χ3v) is 2.09. The van der Waals surface area contributed by atoms with Crippen LogP contribution in [0.2, 0.25) is 0 Å². The first-order valence-electron chi connectivity index (χ1n) is 5.03. The normalized spacial score (nSPS) is 10.9. The fourth-order valence-electron chi connectivity index (χ4n) is 1.18. The zero-order chi connectivity index (χ0) is 14.6. The average Bonchev–Trinajstić information content (AvgIpc) is 2.28. The van der Waals surface area contributed by atoms with Crippen molar-refractivity contribution < 1.29 is 32.6 Å². The minimum absolute atomic E-state index is 0.0760. The van der Waals surface area contributed by atoms with Crippen molar-refractivity contribution in [3.63, 3.8) is 0 Å². The highest BCUT2D eigenvalue weighted by Gasteiger charge is 2.29. The van der Waals surface area contributed by atoms with Crippen LogP contribution in [0, 0.1) is 6.92 Å². The average molecular weight is 277 g/mol. The standard InChI is InChI=1S/C11H10F3NO4/c1-6-2-3-7(9(16)17)4-8(6)15-10(18)19-5-11(12,13)14/h2-4H,5H2,1H3,(H,15,18)(H,16,17). The van der Waals surface area contributed by atoms with Gasteiger partial charge in [-0.1, -0.05) is 6.07 Å². The molecule has 0 aliphatic carbocycles. The number of anilines is 1. The Labute approximate surface area is 106 Å². The molecule has 0 aliphatic rings. The molecule has 0 aliphatic heterocycles. The van der Waals surface area contributed by atoms with Crippen LogP contribution in [-0.4, -0.2) is 30.0 Å². The topological polar surface area (TPSA) is 75.6 Å². The van der Waals surface area contributed by atoms with E-state index in [0.717, 1.165) is 6.07 Å². The molecule has 104 valence electrons. The van der Waals surface area contributed by atoms with E-state index >= 15 is 0 Å². The lowest BCUT2D eigenvalue weighted by atomic mass is 10.1. The van der Waals surface area contributed by atoms with E-state index in [4.69, 9.17) is 5.11 Å². The third-order valence-electron chi connectivity index (χ3n) is 2.09. The molecule has 1 amide bonds.